The Bertz CT molecular complexity index is 890. The minimum atomic E-state index is 0.0809. The predicted molar refractivity (Wildman–Crippen MR) is 95.5 cm³/mol. The SMILES string of the molecule is Cc1n[nH]c(C)c1C1CCCCCN1C(=O)c1ccn2ccnc2c1. The van der Waals surface area contributed by atoms with Gasteiger partial charge in [0.15, 0.2) is 0 Å². The van der Waals surface area contributed by atoms with Crippen LogP contribution in [0.25, 0.3) is 5.65 Å². The number of amides is 1. The Labute approximate surface area is 146 Å². The number of carbonyl (C=O) groups excluding carboxylic acids is 1. The summed E-state index contributed by atoms with van der Waals surface area (Å²) < 4.78 is 1.92. The van der Waals surface area contributed by atoms with Gasteiger partial charge in [0.1, 0.15) is 5.65 Å². The van der Waals surface area contributed by atoms with Crippen LogP contribution in [0.2, 0.25) is 0 Å². The van der Waals surface area contributed by atoms with Crippen molar-refractivity contribution in [3.63, 3.8) is 0 Å². The molecule has 1 unspecified atom stereocenters. The molecule has 0 aromatic carbocycles. The third-order valence-corrected chi connectivity index (χ3v) is 5.18. The van der Waals surface area contributed by atoms with Crippen LogP contribution in [0.4, 0.5) is 0 Å². The Morgan fingerprint density at radius 2 is 2.12 bits per heavy atom. The van der Waals surface area contributed by atoms with Gasteiger partial charge in [-0.25, -0.2) is 4.98 Å². The number of carbonyl (C=O) groups is 1. The number of hydrogen-bond acceptors (Lipinski definition) is 3. The van der Waals surface area contributed by atoms with Crippen LogP contribution in [0.3, 0.4) is 0 Å². The van der Waals surface area contributed by atoms with Crippen LogP contribution in [0.5, 0.6) is 0 Å². The summed E-state index contributed by atoms with van der Waals surface area (Å²) in [5.74, 6) is 0.0809. The van der Waals surface area contributed by atoms with Crippen molar-refractivity contribution in [3.8, 4) is 0 Å². The molecule has 0 radical (unpaired) electrons. The number of aryl methyl sites for hydroxylation is 2. The van der Waals surface area contributed by atoms with Gasteiger partial charge in [-0.15, -0.1) is 0 Å². The standard InChI is InChI=1S/C19H23N5O/c1-13-18(14(2)22-21-13)16-6-4-3-5-9-24(16)19(25)15-7-10-23-11-8-20-17(23)12-15/h7-8,10-12,16H,3-6,9H2,1-2H3,(H,21,22). The van der Waals surface area contributed by atoms with Crippen LogP contribution in [0, 0.1) is 13.8 Å². The first kappa shape index (κ1) is 15.9. The maximum absolute atomic E-state index is 13.3. The highest BCUT2D eigenvalue weighted by Gasteiger charge is 2.30. The third kappa shape index (κ3) is 2.81. The monoisotopic (exact) mass is 337 g/mol. The lowest BCUT2D eigenvalue weighted by atomic mass is 9.98. The summed E-state index contributed by atoms with van der Waals surface area (Å²) in [4.78, 5) is 19.6. The molecule has 1 aliphatic heterocycles. The largest absolute Gasteiger partial charge is 0.331 e. The minimum Gasteiger partial charge on any atom is -0.331 e. The van der Waals surface area contributed by atoms with Crippen molar-refractivity contribution in [1.82, 2.24) is 24.5 Å². The van der Waals surface area contributed by atoms with Crippen LogP contribution >= 0.6 is 0 Å². The van der Waals surface area contributed by atoms with E-state index in [-0.39, 0.29) is 11.9 Å². The third-order valence-electron chi connectivity index (χ3n) is 5.18. The van der Waals surface area contributed by atoms with Crippen LogP contribution in [-0.4, -0.2) is 36.9 Å². The molecule has 1 saturated heterocycles. The molecule has 1 N–H and O–H groups in total. The molecule has 0 spiro atoms. The summed E-state index contributed by atoms with van der Waals surface area (Å²) in [6.07, 6.45) is 9.86. The topological polar surface area (TPSA) is 66.3 Å². The molecule has 6 nitrogen and oxygen atoms in total. The van der Waals surface area contributed by atoms with E-state index in [9.17, 15) is 4.79 Å². The van der Waals surface area contributed by atoms with Crippen molar-refractivity contribution in [2.24, 2.45) is 0 Å². The number of fused-ring (bicyclic) bond motifs is 1. The average molecular weight is 337 g/mol. The van der Waals surface area contributed by atoms with E-state index >= 15 is 0 Å². The number of rotatable bonds is 2. The number of H-pyrrole nitrogens is 1. The van der Waals surface area contributed by atoms with Gasteiger partial charge in [0, 0.05) is 42.0 Å². The Morgan fingerprint density at radius 1 is 1.24 bits per heavy atom. The number of pyridine rings is 1. The highest BCUT2D eigenvalue weighted by atomic mass is 16.2. The van der Waals surface area contributed by atoms with Gasteiger partial charge in [0.25, 0.3) is 5.91 Å². The van der Waals surface area contributed by atoms with Gasteiger partial charge in [-0.2, -0.15) is 5.10 Å². The van der Waals surface area contributed by atoms with Crippen molar-refractivity contribution in [1.29, 1.82) is 0 Å². The fourth-order valence-electron chi connectivity index (χ4n) is 3.91. The summed E-state index contributed by atoms with van der Waals surface area (Å²) >= 11 is 0. The zero-order valence-corrected chi connectivity index (χ0v) is 14.7. The number of nitrogens with one attached hydrogen (secondary N) is 1. The summed E-state index contributed by atoms with van der Waals surface area (Å²) in [6, 6.07) is 3.85. The molecule has 4 rings (SSSR count). The molecule has 130 valence electrons. The van der Waals surface area contributed by atoms with Gasteiger partial charge in [0.05, 0.1) is 11.7 Å². The summed E-state index contributed by atoms with van der Waals surface area (Å²) in [5.41, 5.74) is 4.73. The Balaban J connectivity index is 1.72. The fourth-order valence-corrected chi connectivity index (χ4v) is 3.91. The quantitative estimate of drug-likeness (QED) is 0.779. The highest BCUT2D eigenvalue weighted by molar-refractivity contribution is 5.95. The van der Waals surface area contributed by atoms with Gasteiger partial charge < -0.3 is 9.30 Å². The van der Waals surface area contributed by atoms with Crippen LogP contribution < -0.4 is 0 Å². The van der Waals surface area contributed by atoms with Crippen molar-refractivity contribution < 1.29 is 4.79 Å². The molecule has 6 heteroatoms. The smallest absolute Gasteiger partial charge is 0.254 e. The second-order valence-corrected chi connectivity index (χ2v) is 6.82. The molecule has 0 saturated carbocycles. The molecule has 1 fully saturated rings. The number of nitrogens with zero attached hydrogens (tertiary/aromatic N) is 4. The normalized spacial score (nSPS) is 18.5. The number of likely N-dealkylation sites (tertiary alicyclic amines) is 1. The van der Waals surface area contributed by atoms with Crippen LogP contribution in [0.1, 0.15) is 59.0 Å². The molecule has 3 aromatic rings. The van der Waals surface area contributed by atoms with E-state index in [1.54, 1.807) is 6.20 Å². The van der Waals surface area contributed by atoms with E-state index in [1.165, 1.54) is 5.56 Å². The van der Waals surface area contributed by atoms with Gasteiger partial charge >= 0.3 is 0 Å². The summed E-state index contributed by atoms with van der Waals surface area (Å²) in [7, 11) is 0. The first-order chi connectivity index (χ1) is 12.1. The molecule has 4 heterocycles. The number of aromatic nitrogens is 4. The van der Waals surface area contributed by atoms with Gasteiger partial charge in [-0.3, -0.25) is 9.89 Å². The van der Waals surface area contributed by atoms with E-state index in [2.05, 4.69) is 15.2 Å². The first-order valence-electron chi connectivity index (χ1n) is 8.90. The van der Waals surface area contributed by atoms with E-state index in [4.69, 9.17) is 0 Å². The van der Waals surface area contributed by atoms with E-state index in [0.717, 1.165) is 49.3 Å². The molecule has 1 aliphatic rings. The Hall–Kier alpha value is -2.63. The molecule has 1 atom stereocenters. The zero-order chi connectivity index (χ0) is 17.4. The molecular formula is C19H23N5O. The van der Waals surface area contributed by atoms with Gasteiger partial charge in [-0.1, -0.05) is 12.8 Å². The van der Waals surface area contributed by atoms with Gasteiger partial charge in [0.2, 0.25) is 0 Å². The summed E-state index contributed by atoms with van der Waals surface area (Å²) in [5, 5.41) is 7.42. The van der Waals surface area contributed by atoms with Crippen molar-refractivity contribution in [2.75, 3.05) is 6.54 Å². The van der Waals surface area contributed by atoms with Crippen molar-refractivity contribution >= 4 is 11.6 Å². The molecule has 0 bridgehead atoms. The lowest BCUT2D eigenvalue weighted by Crippen LogP contribution is -2.35. The molecule has 0 aliphatic carbocycles. The molecule has 25 heavy (non-hydrogen) atoms. The van der Waals surface area contributed by atoms with Gasteiger partial charge in [-0.05, 0) is 38.8 Å². The second-order valence-electron chi connectivity index (χ2n) is 6.82. The Morgan fingerprint density at radius 3 is 2.92 bits per heavy atom. The molecule has 1 amide bonds. The Kier molecular flexibility index (Phi) is 4.03. The predicted octanol–water partition coefficient (Wildman–Crippen LogP) is 3.43. The molecular weight excluding hydrogens is 314 g/mol. The van der Waals surface area contributed by atoms with E-state index < -0.39 is 0 Å². The van der Waals surface area contributed by atoms with Crippen molar-refractivity contribution in [2.45, 2.75) is 45.6 Å². The number of hydrogen-bond donors (Lipinski definition) is 1. The maximum Gasteiger partial charge on any atom is 0.254 e. The van der Waals surface area contributed by atoms with Crippen LogP contribution in [-0.2, 0) is 0 Å². The van der Waals surface area contributed by atoms with E-state index in [1.807, 2.05) is 47.7 Å². The maximum atomic E-state index is 13.3. The fraction of sp³-hybridized carbons (Fsp3) is 0.421. The lowest BCUT2D eigenvalue weighted by molar-refractivity contribution is 0.0680. The van der Waals surface area contributed by atoms with Crippen LogP contribution in [0.15, 0.2) is 30.7 Å². The van der Waals surface area contributed by atoms with Crippen molar-refractivity contribution in [3.05, 3.63) is 53.2 Å². The highest BCUT2D eigenvalue weighted by Crippen LogP contribution is 2.34. The summed E-state index contributed by atoms with van der Waals surface area (Å²) in [6.45, 7) is 4.84. The molecule has 3 aromatic heterocycles. The number of imidazole rings is 1. The minimum absolute atomic E-state index is 0.0809. The number of aromatic amines is 1. The zero-order valence-electron chi connectivity index (χ0n) is 14.7. The lowest BCUT2D eigenvalue weighted by Gasteiger charge is -2.30. The second kappa shape index (κ2) is 6.35. The van der Waals surface area contributed by atoms with E-state index in [0.29, 0.717) is 5.56 Å². The first-order valence-corrected chi connectivity index (χ1v) is 8.90. The average Bonchev–Trinajstić information content (AvgIpc) is 3.13.